The summed E-state index contributed by atoms with van der Waals surface area (Å²) in [5.41, 5.74) is 0.992. The summed E-state index contributed by atoms with van der Waals surface area (Å²) in [6.45, 7) is 1.48. The minimum absolute atomic E-state index is 0.0725. The molecule has 1 aliphatic heterocycles. The SMILES string of the molecule is CCCCCCC[Si]1CCC(c2ccc(OCC(F)F)c(F)c2)CC1. The van der Waals surface area contributed by atoms with Gasteiger partial charge in [-0.1, -0.05) is 63.2 Å². The van der Waals surface area contributed by atoms with Gasteiger partial charge >= 0.3 is 0 Å². The Morgan fingerprint density at radius 1 is 1.12 bits per heavy atom. The zero-order valence-electron chi connectivity index (χ0n) is 15.2. The van der Waals surface area contributed by atoms with Crippen LogP contribution in [0.3, 0.4) is 0 Å². The summed E-state index contributed by atoms with van der Waals surface area (Å²) in [6.07, 6.45) is 6.46. The van der Waals surface area contributed by atoms with Gasteiger partial charge in [0.1, 0.15) is 6.61 Å². The first kappa shape index (κ1) is 20.3. The number of alkyl halides is 2. The molecule has 0 atom stereocenters. The summed E-state index contributed by atoms with van der Waals surface area (Å²) in [5, 5.41) is 0. The van der Waals surface area contributed by atoms with Gasteiger partial charge < -0.3 is 4.74 Å². The highest BCUT2D eigenvalue weighted by molar-refractivity contribution is 6.59. The smallest absolute Gasteiger partial charge is 0.272 e. The van der Waals surface area contributed by atoms with Gasteiger partial charge in [-0.3, -0.25) is 0 Å². The molecule has 0 aliphatic carbocycles. The molecule has 1 saturated heterocycles. The molecule has 5 heteroatoms. The summed E-state index contributed by atoms with van der Waals surface area (Å²) in [7, 11) is -0.212. The molecule has 1 fully saturated rings. The molecule has 1 radical (unpaired) electrons. The summed E-state index contributed by atoms with van der Waals surface area (Å²) >= 11 is 0. The molecule has 1 aromatic rings. The number of hydrogen-bond donors (Lipinski definition) is 0. The Morgan fingerprint density at radius 2 is 1.84 bits per heavy atom. The van der Waals surface area contributed by atoms with E-state index in [9.17, 15) is 13.2 Å². The average Bonchev–Trinajstić information content (AvgIpc) is 2.61. The van der Waals surface area contributed by atoms with Crippen LogP contribution in [0.2, 0.25) is 18.1 Å². The van der Waals surface area contributed by atoms with Crippen molar-refractivity contribution in [3.05, 3.63) is 29.6 Å². The molecule has 1 heterocycles. The minimum atomic E-state index is -2.58. The van der Waals surface area contributed by atoms with Gasteiger partial charge in [0.15, 0.2) is 11.6 Å². The Labute approximate surface area is 151 Å². The van der Waals surface area contributed by atoms with E-state index in [0.29, 0.717) is 5.92 Å². The lowest BCUT2D eigenvalue weighted by molar-refractivity contribution is 0.0799. The molecule has 0 spiro atoms. The van der Waals surface area contributed by atoms with Crippen LogP contribution >= 0.6 is 0 Å². The molecule has 25 heavy (non-hydrogen) atoms. The summed E-state index contributed by atoms with van der Waals surface area (Å²) in [6, 6.07) is 8.88. The van der Waals surface area contributed by atoms with Crippen LogP contribution in [0.1, 0.15) is 63.4 Å². The minimum Gasteiger partial charge on any atom is -0.485 e. The van der Waals surface area contributed by atoms with E-state index in [4.69, 9.17) is 4.74 Å². The summed E-state index contributed by atoms with van der Waals surface area (Å²) < 4.78 is 43.2. The lowest BCUT2D eigenvalue weighted by atomic mass is 9.93. The van der Waals surface area contributed by atoms with Gasteiger partial charge in [-0.15, -0.1) is 0 Å². The van der Waals surface area contributed by atoms with Gasteiger partial charge in [-0.25, -0.2) is 13.2 Å². The molecular weight excluding hydrogens is 341 g/mol. The predicted octanol–water partition coefficient (Wildman–Crippen LogP) is 6.81. The molecule has 0 saturated carbocycles. The highest BCUT2D eigenvalue weighted by Gasteiger charge is 2.24. The molecular formula is C20H30F3OSi. The van der Waals surface area contributed by atoms with Gasteiger partial charge in [0.25, 0.3) is 6.43 Å². The van der Waals surface area contributed by atoms with E-state index in [1.54, 1.807) is 0 Å². The fourth-order valence-corrected chi connectivity index (χ4v) is 6.64. The Bertz CT molecular complexity index is 502. The second-order valence-electron chi connectivity index (χ2n) is 7.08. The molecule has 1 nitrogen and oxygen atoms in total. The maximum Gasteiger partial charge on any atom is 0.272 e. The van der Waals surface area contributed by atoms with E-state index >= 15 is 0 Å². The van der Waals surface area contributed by atoms with Gasteiger partial charge in [-0.05, 0) is 36.5 Å². The van der Waals surface area contributed by atoms with Crippen molar-refractivity contribution in [2.45, 2.75) is 82.3 Å². The van der Waals surface area contributed by atoms with Crippen molar-refractivity contribution in [1.82, 2.24) is 0 Å². The topological polar surface area (TPSA) is 9.23 Å². The van der Waals surface area contributed by atoms with Crippen molar-refractivity contribution in [1.29, 1.82) is 0 Å². The second kappa shape index (κ2) is 10.9. The molecule has 0 unspecified atom stereocenters. The fraction of sp³-hybridized carbons (Fsp3) is 0.700. The molecule has 0 N–H and O–H groups in total. The number of hydrogen-bond acceptors (Lipinski definition) is 1. The average molecular weight is 372 g/mol. The largest absolute Gasteiger partial charge is 0.485 e. The third kappa shape index (κ3) is 7.04. The lowest BCUT2D eigenvalue weighted by Gasteiger charge is -2.28. The van der Waals surface area contributed by atoms with Crippen molar-refractivity contribution in [3.8, 4) is 5.75 Å². The molecule has 1 aromatic carbocycles. The maximum atomic E-state index is 14.0. The van der Waals surface area contributed by atoms with Gasteiger partial charge in [0, 0.05) is 8.80 Å². The lowest BCUT2D eigenvalue weighted by Crippen LogP contribution is -2.20. The third-order valence-electron chi connectivity index (χ3n) is 5.12. The van der Waals surface area contributed by atoms with Crippen LogP contribution in [0, 0.1) is 5.82 Å². The Kier molecular flexibility index (Phi) is 8.86. The Hall–Kier alpha value is -0.973. The van der Waals surface area contributed by atoms with Crippen molar-refractivity contribution in [2.24, 2.45) is 0 Å². The van der Waals surface area contributed by atoms with Crippen LogP contribution in [0.4, 0.5) is 13.2 Å². The zero-order chi connectivity index (χ0) is 18.1. The van der Waals surface area contributed by atoms with E-state index < -0.39 is 18.8 Å². The third-order valence-corrected chi connectivity index (χ3v) is 8.17. The monoisotopic (exact) mass is 371 g/mol. The first-order valence-electron chi connectivity index (χ1n) is 9.64. The molecule has 141 valence electrons. The van der Waals surface area contributed by atoms with Crippen LogP contribution in [0.15, 0.2) is 18.2 Å². The number of halogens is 3. The van der Waals surface area contributed by atoms with Crippen LogP contribution in [-0.4, -0.2) is 21.8 Å². The number of benzene rings is 1. The number of rotatable bonds is 10. The molecule has 0 bridgehead atoms. The summed E-state index contributed by atoms with van der Waals surface area (Å²) in [4.78, 5) is 0. The Morgan fingerprint density at radius 3 is 2.48 bits per heavy atom. The van der Waals surface area contributed by atoms with Crippen LogP contribution < -0.4 is 4.74 Å². The van der Waals surface area contributed by atoms with Crippen molar-refractivity contribution in [3.63, 3.8) is 0 Å². The van der Waals surface area contributed by atoms with E-state index in [2.05, 4.69) is 6.92 Å². The van der Waals surface area contributed by atoms with Crippen LogP contribution in [-0.2, 0) is 0 Å². The van der Waals surface area contributed by atoms with Gasteiger partial charge in [-0.2, -0.15) is 0 Å². The molecule has 0 amide bonds. The predicted molar refractivity (Wildman–Crippen MR) is 98.8 cm³/mol. The summed E-state index contributed by atoms with van der Waals surface area (Å²) in [5.74, 6) is -0.186. The number of ether oxygens (including phenoxy) is 1. The maximum absolute atomic E-state index is 14.0. The number of unbranched alkanes of at least 4 members (excludes halogenated alkanes) is 4. The van der Waals surface area contributed by atoms with E-state index in [1.807, 2.05) is 6.07 Å². The Balaban J connectivity index is 1.75. The first-order chi connectivity index (χ1) is 12.1. The zero-order valence-corrected chi connectivity index (χ0v) is 16.2. The van der Waals surface area contributed by atoms with E-state index in [1.165, 1.54) is 62.4 Å². The second-order valence-corrected chi connectivity index (χ2v) is 10.1. The van der Waals surface area contributed by atoms with Crippen molar-refractivity contribution >= 4 is 8.80 Å². The highest BCUT2D eigenvalue weighted by Crippen LogP contribution is 2.36. The first-order valence-corrected chi connectivity index (χ1v) is 11.8. The molecule has 1 aliphatic rings. The fourth-order valence-electron chi connectivity index (χ4n) is 3.63. The highest BCUT2D eigenvalue weighted by atomic mass is 28.3. The van der Waals surface area contributed by atoms with Crippen molar-refractivity contribution in [2.75, 3.05) is 6.61 Å². The van der Waals surface area contributed by atoms with Gasteiger partial charge in [0.05, 0.1) is 0 Å². The van der Waals surface area contributed by atoms with E-state index in [-0.39, 0.29) is 14.5 Å². The molecule has 2 rings (SSSR count). The molecule has 0 aromatic heterocycles. The van der Waals surface area contributed by atoms with Gasteiger partial charge in [0.2, 0.25) is 0 Å². The normalized spacial score (nSPS) is 16.5. The van der Waals surface area contributed by atoms with Crippen LogP contribution in [0.25, 0.3) is 0 Å². The quantitative estimate of drug-likeness (QED) is 0.324. The van der Waals surface area contributed by atoms with Crippen LogP contribution in [0.5, 0.6) is 5.75 Å². The van der Waals surface area contributed by atoms with Crippen molar-refractivity contribution < 1.29 is 17.9 Å². The van der Waals surface area contributed by atoms with E-state index in [0.717, 1.165) is 18.4 Å². The standard InChI is InChI=1S/C20H30F3OSi/c1-2-3-4-5-6-11-25-12-9-16(10-13-25)17-7-8-19(18(21)14-17)24-15-20(22)23/h7-8,14,16,20H,2-6,9-13,15H2,1H3.